The van der Waals surface area contributed by atoms with Gasteiger partial charge in [-0.1, -0.05) is 0 Å². The fourth-order valence-corrected chi connectivity index (χ4v) is 4.80. The van der Waals surface area contributed by atoms with E-state index in [4.69, 9.17) is 0 Å². The monoisotopic (exact) mass is 355 g/mol. The number of benzene rings is 1. The Morgan fingerprint density at radius 1 is 1.00 bits per heavy atom. The summed E-state index contributed by atoms with van der Waals surface area (Å²) in [7, 11) is 0. The third kappa shape index (κ3) is 2.67. The van der Waals surface area contributed by atoms with E-state index in [1.165, 1.54) is 4.90 Å². The number of carbonyl (C=O) groups is 4. The van der Waals surface area contributed by atoms with Gasteiger partial charge in [-0.25, -0.2) is 0 Å². The molecule has 0 unspecified atom stereocenters. The highest BCUT2D eigenvalue weighted by Gasteiger charge is 2.61. The molecule has 0 radical (unpaired) electrons. The first-order chi connectivity index (χ1) is 12.5. The van der Waals surface area contributed by atoms with E-state index < -0.39 is 11.9 Å². The molecule has 2 saturated carbocycles. The SMILES string of the molecule is O=C([O-])CCC(=O)Nc1ccc(N2C(=O)[C@@H]3[C@@H]4CC[C@H](C4)[C@@H]3C2=O)cc1. The van der Waals surface area contributed by atoms with E-state index in [9.17, 15) is 24.3 Å². The molecule has 3 aliphatic rings. The van der Waals surface area contributed by atoms with Gasteiger partial charge in [-0.2, -0.15) is 0 Å². The minimum atomic E-state index is -1.28. The molecule has 2 aliphatic carbocycles. The number of nitrogens with zero attached hydrogens (tertiary/aromatic N) is 1. The first kappa shape index (κ1) is 16.8. The maximum Gasteiger partial charge on any atom is 0.237 e. The summed E-state index contributed by atoms with van der Waals surface area (Å²) in [5.74, 6) is -1.55. The zero-order valence-corrected chi connectivity index (χ0v) is 14.1. The van der Waals surface area contributed by atoms with E-state index in [0.717, 1.165) is 19.3 Å². The van der Waals surface area contributed by atoms with Crippen LogP contribution in [0.2, 0.25) is 0 Å². The molecule has 0 aromatic heterocycles. The highest BCUT2D eigenvalue weighted by molar-refractivity contribution is 6.22. The van der Waals surface area contributed by atoms with Crippen LogP contribution in [0.5, 0.6) is 0 Å². The molecular formula is C19H19N2O5-. The van der Waals surface area contributed by atoms with Crippen LogP contribution < -0.4 is 15.3 Å². The number of fused-ring (bicyclic) bond motifs is 5. The molecular weight excluding hydrogens is 336 g/mol. The molecule has 1 aromatic rings. The van der Waals surface area contributed by atoms with Crippen LogP contribution in [0.1, 0.15) is 32.1 Å². The third-order valence-electron chi connectivity index (χ3n) is 5.89. The molecule has 1 heterocycles. The number of carboxylic acid groups (broad SMARTS) is 1. The Labute approximate surface area is 150 Å². The van der Waals surface area contributed by atoms with Crippen molar-refractivity contribution >= 4 is 35.1 Å². The Hall–Kier alpha value is -2.70. The van der Waals surface area contributed by atoms with Gasteiger partial charge in [0.15, 0.2) is 0 Å². The minimum absolute atomic E-state index is 0.0991. The van der Waals surface area contributed by atoms with E-state index in [-0.39, 0.29) is 36.5 Å². The summed E-state index contributed by atoms with van der Waals surface area (Å²) in [6.07, 6.45) is 2.56. The predicted octanol–water partition coefficient (Wildman–Crippen LogP) is 0.691. The van der Waals surface area contributed by atoms with Crippen LogP contribution >= 0.6 is 0 Å². The van der Waals surface area contributed by atoms with Crippen molar-refractivity contribution in [1.29, 1.82) is 0 Å². The van der Waals surface area contributed by atoms with Gasteiger partial charge >= 0.3 is 0 Å². The molecule has 7 nitrogen and oxygen atoms in total. The van der Waals surface area contributed by atoms with Crippen molar-refractivity contribution in [3.63, 3.8) is 0 Å². The molecule has 3 amide bonds. The van der Waals surface area contributed by atoms with Crippen LogP contribution in [0, 0.1) is 23.7 Å². The molecule has 1 saturated heterocycles. The number of amides is 3. The van der Waals surface area contributed by atoms with Crippen molar-refractivity contribution in [2.24, 2.45) is 23.7 Å². The number of rotatable bonds is 5. The summed E-state index contributed by atoms with van der Waals surface area (Å²) in [6, 6.07) is 6.48. The summed E-state index contributed by atoms with van der Waals surface area (Å²) in [4.78, 5) is 48.9. The molecule has 3 fully saturated rings. The second-order valence-electron chi connectivity index (χ2n) is 7.36. The topological polar surface area (TPSA) is 107 Å². The van der Waals surface area contributed by atoms with Gasteiger partial charge in [0.1, 0.15) is 0 Å². The molecule has 1 aliphatic heterocycles. The zero-order valence-electron chi connectivity index (χ0n) is 14.1. The number of hydrogen-bond donors (Lipinski definition) is 1. The minimum Gasteiger partial charge on any atom is -0.550 e. The number of carboxylic acids is 1. The highest BCUT2D eigenvalue weighted by Crippen LogP contribution is 2.56. The molecule has 2 bridgehead atoms. The van der Waals surface area contributed by atoms with Gasteiger partial charge in [-0.05, 0) is 61.8 Å². The molecule has 4 atom stereocenters. The van der Waals surface area contributed by atoms with E-state index in [1.54, 1.807) is 24.3 Å². The van der Waals surface area contributed by atoms with Crippen molar-refractivity contribution < 1.29 is 24.3 Å². The normalized spacial score (nSPS) is 29.2. The van der Waals surface area contributed by atoms with Gasteiger partial charge in [-0.15, -0.1) is 0 Å². The van der Waals surface area contributed by atoms with Gasteiger partial charge in [-0.3, -0.25) is 19.3 Å². The summed E-state index contributed by atoms with van der Waals surface area (Å²) in [5, 5.41) is 13.0. The lowest BCUT2D eigenvalue weighted by Gasteiger charge is -2.19. The van der Waals surface area contributed by atoms with Gasteiger partial charge in [0.2, 0.25) is 17.7 Å². The standard InChI is InChI=1S/C19H20N2O5/c22-14(7-8-15(23)24)20-12-3-5-13(6-4-12)21-18(25)16-10-1-2-11(9-10)17(16)19(21)26/h3-6,10-11,16-17H,1-2,7-9H2,(H,20,22)(H,23,24)/p-1/t10-,11-,16-,17+/m1/s1. The summed E-state index contributed by atoms with van der Waals surface area (Å²) in [5.41, 5.74) is 0.998. The quantitative estimate of drug-likeness (QED) is 0.782. The summed E-state index contributed by atoms with van der Waals surface area (Å²) in [6.45, 7) is 0. The van der Waals surface area contributed by atoms with Crippen LogP contribution in [0.15, 0.2) is 24.3 Å². The van der Waals surface area contributed by atoms with Crippen LogP contribution in [0.4, 0.5) is 11.4 Å². The van der Waals surface area contributed by atoms with Crippen molar-refractivity contribution in [3.05, 3.63) is 24.3 Å². The van der Waals surface area contributed by atoms with Crippen molar-refractivity contribution in [3.8, 4) is 0 Å². The molecule has 1 N–H and O–H groups in total. The molecule has 26 heavy (non-hydrogen) atoms. The van der Waals surface area contributed by atoms with Gasteiger partial charge < -0.3 is 15.2 Å². The van der Waals surface area contributed by atoms with Gasteiger partial charge in [0.25, 0.3) is 0 Å². The Morgan fingerprint density at radius 2 is 1.58 bits per heavy atom. The van der Waals surface area contributed by atoms with Crippen LogP contribution in [0.25, 0.3) is 0 Å². The molecule has 4 rings (SSSR count). The van der Waals surface area contributed by atoms with Crippen LogP contribution in [0.3, 0.4) is 0 Å². The lowest BCUT2D eigenvalue weighted by atomic mass is 9.81. The maximum atomic E-state index is 12.8. The number of carbonyl (C=O) groups excluding carboxylic acids is 4. The lowest BCUT2D eigenvalue weighted by Crippen LogP contribution is -2.32. The van der Waals surface area contributed by atoms with E-state index >= 15 is 0 Å². The molecule has 7 heteroatoms. The maximum absolute atomic E-state index is 12.8. The number of anilines is 2. The van der Waals surface area contributed by atoms with Crippen LogP contribution in [-0.4, -0.2) is 23.7 Å². The molecule has 136 valence electrons. The number of aliphatic carboxylic acids is 1. The van der Waals surface area contributed by atoms with Crippen molar-refractivity contribution in [2.45, 2.75) is 32.1 Å². The first-order valence-corrected chi connectivity index (χ1v) is 8.93. The Morgan fingerprint density at radius 3 is 2.12 bits per heavy atom. The smallest absolute Gasteiger partial charge is 0.237 e. The first-order valence-electron chi connectivity index (χ1n) is 8.93. The third-order valence-corrected chi connectivity index (χ3v) is 5.89. The lowest BCUT2D eigenvalue weighted by molar-refractivity contribution is -0.305. The van der Waals surface area contributed by atoms with E-state index in [2.05, 4.69) is 5.32 Å². The average Bonchev–Trinajstić information content (AvgIpc) is 3.28. The van der Waals surface area contributed by atoms with Gasteiger partial charge in [0, 0.05) is 18.1 Å². The zero-order chi connectivity index (χ0) is 18.4. The second-order valence-corrected chi connectivity index (χ2v) is 7.36. The van der Waals surface area contributed by atoms with E-state index in [1.807, 2.05) is 0 Å². The van der Waals surface area contributed by atoms with Crippen molar-refractivity contribution in [1.82, 2.24) is 0 Å². The molecule has 0 spiro atoms. The number of imide groups is 1. The van der Waals surface area contributed by atoms with Gasteiger partial charge in [0.05, 0.1) is 17.5 Å². The average molecular weight is 355 g/mol. The Bertz CT molecular complexity index is 760. The predicted molar refractivity (Wildman–Crippen MR) is 89.6 cm³/mol. The number of nitrogens with one attached hydrogen (secondary N) is 1. The fraction of sp³-hybridized carbons (Fsp3) is 0.474. The van der Waals surface area contributed by atoms with Crippen LogP contribution in [-0.2, 0) is 19.2 Å². The Balaban J connectivity index is 1.46. The highest BCUT2D eigenvalue weighted by atomic mass is 16.4. The largest absolute Gasteiger partial charge is 0.550 e. The summed E-state index contributed by atoms with van der Waals surface area (Å²) < 4.78 is 0. The Kier molecular flexibility index (Phi) is 4.01. The van der Waals surface area contributed by atoms with E-state index in [0.29, 0.717) is 23.2 Å². The summed E-state index contributed by atoms with van der Waals surface area (Å²) >= 11 is 0. The van der Waals surface area contributed by atoms with Crippen molar-refractivity contribution in [2.75, 3.05) is 10.2 Å². The number of hydrogen-bond acceptors (Lipinski definition) is 5. The molecule has 1 aromatic carbocycles. The second kappa shape index (κ2) is 6.23. The fourth-order valence-electron chi connectivity index (χ4n) is 4.80.